The molecule has 0 saturated carbocycles. The molecule has 5 nitrogen and oxygen atoms in total. The van der Waals surface area contributed by atoms with Gasteiger partial charge in [0.15, 0.2) is 0 Å². The van der Waals surface area contributed by atoms with Crippen molar-refractivity contribution in [2.75, 3.05) is 25.0 Å². The predicted molar refractivity (Wildman–Crippen MR) is 111 cm³/mol. The summed E-state index contributed by atoms with van der Waals surface area (Å²) in [7, 11) is 0. The van der Waals surface area contributed by atoms with Crippen LogP contribution in [0, 0.1) is 0 Å². The molecule has 0 fully saturated rings. The lowest BCUT2D eigenvalue weighted by molar-refractivity contribution is 0.287. The van der Waals surface area contributed by atoms with E-state index in [0.29, 0.717) is 5.95 Å². The van der Waals surface area contributed by atoms with Crippen molar-refractivity contribution in [1.82, 2.24) is 15.3 Å². The largest absolute Gasteiger partial charge is 0.396 e. The highest BCUT2D eigenvalue weighted by atomic mass is 16.3. The quantitative estimate of drug-likeness (QED) is 0.505. The van der Waals surface area contributed by atoms with Gasteiger partial charge in [-0.3, -0.25) is 0 Å². The Kier molecular flexibility index (Phi) is 7.09. The van der Waals surface area contributed by atoms with Crippen LogP contribution in [0.4, 0.5) is 11.6 Å². The molecule has 2 aromatic carbocycles. The van der Waals surface area contributed by atoms with E-state index in [4.69, 9.17) is 5.11 Å². The van der Waals surface area contributed by atoms with Crippen molar-refractivity contribution in [2.45, 2.75) is 6.42 Å². The minimum atomic E-state index is 0.226. The molecule has 0 amide bonds. The number of aliphatic hydroxyl groups excluding tert-OH is 1. The first-order chi connectivity index (χ1) is 13.3. The zero-order chi connectivity index (χ0) is 18.7. The monoisotopic (exact) mass is 360 g/mol. The molecule has 0 unspecified atom stereocenters. The van der Waals surface area contributed by atoms with Gasteiger partial charge in [-0.2, -0.15) is 0 Å². The van der Waals surface area contributed by atoms with E-state index in [9.17, 15) is 0 Å². The molecule has 138 valence electrons. The molecule has 3 N–H and O–H groups in total. The lowest BCUT2D eigenvalue weighted by atomic mass is 10.1. The van der Waals surface area contributed by atoms with Crippen LogP contribution in [0.1, 0.15) is 12.0 Å². The fraction of sp³-hybridized carbons (Fsp3) is 0.182. The normalized spacial score (nSPS) is 11.0. The van der Waals surface area contributed by atoms with Crippen LogP contribution >= 0.6 is 0 Å². The molecular weight excluding hydrogens is 336 g/mol. The van der Waals surface area contributed by atoms with Crippen molar-refractivity contribution in [3.63, 3.8) is 0 Å². The molecule has 27 heavy (non-hydrogen) atoms. The van der Waals surface area contributed by atoms with Crippen molar-refractivity contribution in [3.05, 3.63) is 78.5 Å². The van der Waals surface area contributed by atoms with Crippen molar-refractivity contribution < 1.29 is 5.11 Å². The summed E-state index contributed by atoms with van der Waals surface area (Å²) in [6.07, 6.45) is 6.71. The smallest absolute Gasteiger partial charge is 0.227 e. The summed E-state index contributed by atoms with van der Waals surface area (Å²) in [5, 5.41) is 15.2. The summed E-state index contributed by atoms with van der Waals surface area (Å²) in [6, 6.07) is 20.1. The Hall–Kier alpha value is -3.02. The number of para-hydroxylation sites is 1. The number of nitrogens with one attached hydrogen (secondary N) is 2. The molecule has 0 aliphatic carbocycles. The van der Waals surface area contributed by atoms with E-state index >= 15 is 0 Å². The summed E-state index contributed by atoms with van der Waals surface area (Å²) in [5.41, 5.74) is 4.03. The van der Waals surface area contributed by atoms with E-state index < -0.39 is 0 Å². The minimum Gasteiger partial charge on any atom is -0.396 e. The molecule has 0 radical (unpaired) electrons. The molecule has 3 aromatic rings. The van der Waals surface area contributed by atoms with Crippen LogP contribution in [0.3, 0.4) is 0 Å². The zero-order valence-electron chi connectivity index (χ0n) is 15.2. The Morgan fingerprint density at radius 1 is 0.963 bits per heavy atom. The summed E-state index contributed by atoms with van der Waals surface area (Å²) in [4.78, 5) is 8.89. The Balaban J connectivity index is 1.61. The van der Waals surface area contributed by atoms with Crippen LogP contribution in [-0.4, -0.2) is 34.8 Å². The first kappa shape index (κ1) is 18.8. The second-order valence-electron chi connectivity index (χ2n) is 6.06. The van der Waals surface area contributed by atoms with E-state index in [2.05, 4.69) is 57.0 Å². The molecule has 5 heteroatoms. The van der Waals surface area contributed by atoms with Crippen LogP contribution in [0.25, 0.3) is 17.3 Å². The molecule has 0 bridgehead atoms. The third-order valence-corrected chi connectivity index (χ3v) is 3.98. The molecule has 0 aliphatic heterocycles. The lowest BCUT2D eigenvalue weighted by Gasteiger charge is -2.07. The van der Waals surface area contributed by atoms with Crippen LogP contribution in [0.2, 0.25) is 0 Å². The second kappa shape index (κ2) is 10.2. The number of benzene rings is 2. The fourth-order valence-electron chi connectivity index (χ4n) is 2.58. The van der Waals surface area contributed by atoms with Gasteiger partial charge in [-0.05, 0) is 36.7 Å². The molecule has 1 heterocycles. The first-order valence-electron chi connectivity index (χ1n) is 9.09. The molecule has 0 aliphatic rings. The second-order valence-corrected chi connectivity index (χ2v) is 6.06. The van der Waals surface area contributed by atoms with E-state index in [1.165, 1.54) is 0 Å². The summed E-state index contributed by atoms with van der Waals surface area (Å²) >= 11 is 0. The summed E-state index contributed by atoms with van der Waals surface area (Å²) < 4.78 is 0. The Labute approximate surface area is 159 Å². The number of rotatable bonds is 9. The maximum absolute atomic E-state index is 8.74. The third kappa shape index (κ3) is 6.02. The lowest BCUT2D eigenvalue weighted by Crippen LogP contribution is -2.15. The number of hydrogen-bond acceptors (Lipinski definition) is 5. The van der Waals surface area contributed by atoms with E-state index in [-0.39, 0.29) is 6.61 Å². The number of anilines is 2. The molecule has 1 aromatic heterocycles. The number of nitrogens with zero attached hydrogens (tertiary/aromatic N) is 2. The maximum Gasteiger partial charge on any atom is 0.227 e. The standard InChI is InChI=1S/C22H24N4O/c27-17-5-15-23-14-4-6-18-9-11-19(12-10-18)21-13-16-24-22(26-21)25-20-7-2-1-3-8-20/h1-4,6-13,16,23,27H,5,14-15,17H2,(H,24,25,26)/b6-4+. The van der Waals surface area contributed by atoms with Crippen LogP contribution < -0.4 is 10.6 Å². The van der Waals surface area contributed by atoms with Gasteiger partial charge in [0.1, 0.15) is 0 Å². The van der Waals surface area contributed by atoms with Crippen LogP contribution in [0.5, 0.6) is 0 Å². The van der Waals surface area contributed by atoms with Crippen molar-refractivity contribution >= 4 is 17.7 Å². The topological polar surface area (TPSA) is 70.1 Å². The van der Waals surface area contributed by atoms with E-state index in [1.54, 1.807) is 6.20 Å². The molecule has 0 saturated heterocycles. The maximum atomic E-state index is 8.74. The van der Waals surface area contributed by atoms with Gasteiger partial charge in [0.2, 0.25) is 5.95 Å². The van der Waals surface area contributed by atoms with Gasteiger partial charge >= 0.3 is 0 Å². The predicted octanol–water partition coefficient (Wildman–Crippen LogP) is 3.87. The number of aromatic nitrogens is 2. The van der Waals surface area contributed by atoms with Crippen LogP contribution in [-0.2, 0) is 0 Å². The van der Waals surface area contributed by atoms with Crippen molar-refractivity contribution in [1.29, 1.82) is 0 Å². The first-order valence-corrected chi connectivity index (χ1v) is 9.09. The van der Waals surface area contributed by atoms with E-state index in [1.807, 2.05) is 36.4 Å². The average Bonchev–Trinajstić information content (AvgIpc) is 2.72. The fourth-order valence-corrected chi connectivity index (χ4v) is 2.58. The van der Waals surface area contributed by atoms with Gasteiger partial charge in [-0.1, -0.05) is 54.6 Å². The van der Waals surface area contributed by atoms with Crippen molar-refractivity contribution in [2.24, 2.45) is 0 Å². The molecular formula is C22H24N4O. The SMILES string of the molecule is OCCCNC/C=C/c1ccc(-c2ccnc(Nc3ccccc3)n2)cc1. The van der Waals surface area contributed by atoms with Gasteiger partial charge in [-0.15, -0.1) is 0 Å². The average molecular weight is 360 g/mol. The summed E-state index contributed by atoms with van der Waals surface area (Å²) in [6.45, 7) is 1.85. The Morgan fingerprint density at radius 3 is 2.56 bits per heavy atom. The van der Waals surface area contributed by atoms with Gasteiger partial charge in [0.05, 0.1) is 5.69 Å². The number of hydrogen-bond donors (Lipinski definition) is 3. The van der Waals surface area contributed by atoms with Crippen molar-refractivity contribution in [3.8, 4) is 11.3 Å². The highest BCUT2D eigenvalue weighted by Crippen LogP contribution is 2.20. The summed E-state index contributed by atoms with van der Waals surface area (Å²) in [5.74, 6) is 0.580. The van der Waals surface area contributed by atoms with Gasteiger partial charge < -0.3 is 15.7 Å². The molecule has 0 spiro atoms. The third-order valence-electron chi connectivity index (χ3n) is 3.98. The highest BCUT2D eigenvalue weighted by Gasteiger charge is 2.02. The van der Waals surface area contributed by atoms with Gasteiger partial charge in [-0.25, -0.2) is 9.97 Å². The van der Waals surface area contributed by atoms with Gasteiger partial charge in [0, 0.05) is 30.6 Å². The minimum absolute atomic E-state index is 0.226. The molecule has 3 rings (SSSR count). The van der Waals surface area contributed by atoms with Crippen LogP contribution in [0.15, 0.2) is 72.9 Å². The Morgan fingerprint density at radius 2 is 1.78 bits per heavy atom. The zero-order valence-corrected chi connectivity index (χ0v) is 15.2. The highest BCUT2D eigenvalue weighted by molar-refractivity contribution is 5.64. The van der Waals surface area contributed by atoms with Gasteiger partial charge in [0.25, 0.3) is 0 Å². The Bertz CT molecular complexity index is 848. The molecule has 0 atom stereocenters. The van der Waals surface area contributed by atoms with E-state index in [0.717, 1.165) is 42.0 Å². The number of aliphatic hydroxyl groups is 1.